The number of benzene rings is 1. The zero-order valence-electron chi connectivity index (χ0n) is 16.3. The monoisotopic (exact) mass is 404 g/mol. The minimum atomic E-state index is 0.121. The van der Waals surface area contributed by atoms with E-state index in [9.17, 15) is 0 Å². The lowest BCUT2D eigenvalue weighted by Crippen LogP contribution is -2.04. The number of hydrogen-bond donors (Lipinski definition) is 1. The highest BCUT2D eigenvalue weighted by Crippen LogP contribution is 2.35. The average molecular weight is 405 g/mol. The summed E-state index contributed by atoms with van der Waals surface area (Å²) in [4.78, 5) is 10.2. The molecule has 2 heterocycles. The van der Waals surface area contributed by atoms with Crippen molar-refractivity contribution in [2.24, 2.45) is 7.05 Å². The summed E-state index contributed by atoms with van der Waals surface area (Å²) < 4.78 is 7.80. The molecule has 0 saturated carbocycles. The lowest BCUT2D eigenvalue weighted by atomic mass is 10.1. The minimum absolute atomic E-state index is 0.121. The summed E-state index contributed by atoms with van der Waals surface area (Å²) in [6, 6.07) is 8.23. The lowest BCUT2D eigenvalue weighted by Gasteiger charge is -2.18. The summed E-state index contributed by atoms with van der Waals surface area (Å²) in [5.41, 5.74) is 4.66. The quantitative estimate of drug-likeness (QED) is 0.393. The number of hydrogen-bond acceptors (Lipinski definition) is 5. The third kappa shape index (κ3) is 4.08. The Morgan fingerprint density at radius 2 is 2.00 bits per heavy atom. The highest BCUT2D eigenvalue weighted by molar-refractivity contribution is 7.98. The number of halogens is 1. The van der Waals surface area contributed by atoms with E-state index in [0.717, 1.165) is 39.7 Å². The Bertz CT molecular complexity index is 957. The molecule has 3 rings (SSSR count). The number of pyridine rings is 1. The standard InChI is InChI=1S/C20H25ClN4OS/c1-6-16(26-7-2)13-8-9-14(17(10-13)27-5)23-15-11-18(21)24-20-19(15)22-12(3)25(20)4/h8-11,16H,6-7H2,1-5H3,(H,23,24). The predicted octanol–water partition coefficient (Wildman–Crippen LogP) is 5.88. The first kappa shape index (κ1) is 20.0. The van der Waals surface area contributed by atoms with E-state index in [1.807, 2.05) is 31.5 Å². The Morgan fingerprint density at radius 1 is 1.22 bits per heavy atom. The van der Waals surface area contributed by atoms with Gasteiger partial charge in [0.2, 0.25) is 0 Å². The molecule has 3 aromatic rings. The SMILES string of the molecule is CCOC(CC)c1ccc(Nc2cc(Cl)nc3c2nc(C)n3C)c(SC)c1. The van der Waals surface area contributed by atoms with Gasteiger partial charge in [-0.05, 0) is 44.2 Å². The number of thioether (sulfide) groups is 1. The number of imidazole rings is 1. The number of aromatic nitrogens is 3. The fraction of sp³-hybridized carbons (Fsp3) is 0.400. The Morgan fingerprint density at radius 3 is 2.67 bits per heavy atom. The molecule has 1 aromatic carbocycles. The van der Waals surface area contributed by atoms with E-state index in [-0.39, 0.29) is 6.10 Å². The van der Waals surface area contributed by atoms with Gasteiger partial charge in [0.05, 0.1) is 17.5 Å². The second-order valence-corrected chi connectivity index (χ2v) is 7.56. The molecule has 1 atom stereocenters. The van der Waals surface area contributed by atoms with Gasteiger partial charge in [0.15, 0.2) is 5.65 Å². The largest absolute Gasteiger partial charge is 0.374 e. The molecule has 0 fully saturated rings. The molecule has 5 nitrogen and oxygen atoms in total. The topological polar surface area (TPSA) is 52.0 Å². The number of nitrogens with zero attached hydrogens (tertiary/aromatic N) is 3. The Kier molecular flexibility index (Phi) is 6.29. The van der Waals surface area contributed by atoms with E-state index in [1.54, 1.807) is 11.8 Å². The average Bonchev–Trinajstić information content (AvgIpc) is 2.95. The first-order chi connectivity index (χ1) is 13.0. The van der Waals surface area contributed by atoms with Crippen LogP contribution in [0.3, 0.4) is 0 Å². The van der Waals surface area contributed by atoms with E-state index >= 15 is 0 Å². The van der Waals surface area contributed by atoms with E-state index in [0.29, 0.717) is 11.8 Å². The van der Waals surface area contributed by atoms with Gasteiger partial charge in [-0.15, -0.1) is 11.8 Å². The molecule has 7 heteroatoms. The van der Waals surface area contributed by atoms with Gasteiger partial charge < -0.3 is 14.6 Å². The van der Waals surface area contributed by atoms with Crippen LogP contribution in [0.2, 0.25) is 5.15 Å². The highest BCUT2D eigenvalue weighted by atomic mass is 35.5. The summed E-state index contributed by atoms with van der Waals surface area (Å²) >= 11 is 7.95. The van der Waals surface area contributed by atoms with Gasteiger partial charge in [-0.1, -0.05) is 24.6 Å². The van der Waals surface area contributed by atoms with Gasteiger partial charge in [0.25, 0.3) is 0 Å². The highest BCUT2D eigenvalue weighted by Gasteiger charge is 2.15. The maximum Gasteiger partial charge on any atom is 0.163 e. The molecule has 0 bridgehead atoms. The van der Waals surface area contributed by atoms with Gasteiger partial charge in [0.1, 0.15) is 16.5 Å². The predicted molar refractivity (Wildman–Crippen MR) is 114 cm³/mol. The van der Waals surface area contributed by atoms with Crippen LogP contribution in [0.1, 0.15) is 37.8 Å². The molecule has 0 aliphatic carbocycles. The van der Waals surface area contributed by atoms with Crippen molar-refractivity contribution in [2.75, 3.05) is 18.2 Å². The van der Waals surface area contributed by atoms with E-state index in [2.05, 4.69) is 46.7 Å². The molecule has 1 unspecified atom stereocenters. The summed E-state index contributed by atoms with van der Waals surface area (Å²) in [5.74, 6) is 0.894. The van der Waals surface area contributed by atoms with Crippen LogP contribution in [-0.2, 0) is 11.8 Å². The molecule has 0 aliphatic rings. The van der Waals surface area contributed by atoms with Crippen molar-refractivity contribution in [3.8, 4) is 0 Å². The molecule has 1 N–H and O–H groups in total. The summed E-state index contributed by atoms with van der Waals surface area (Å²) in [6.45, 7) is 6.84. The van der Waals surface area contributed by atoms with E-state index < -0.39 is 0 Å². The second kappa shape index (κ2) is 8.50. The van der Waals surface area contributed by atoms with Crippen molar-refractivity contribution < 1.29 is 4.74 Å². The third-order valence-electron chi connectivity index (χ3n) is 4.63. The van der Waals surface area contributed by atoms with Crippen LogP contribution in [0.5, 0.6) is 0 Å². The van der Waals surface area contributed by atoms with Crippen LogP contribution in [0.15, 0.2) is 29.2 Å². The molecule has 0 aliphatic heterocycles. The van der Waals surface area contributed by atoms with Gasteiger partial charge in [-0.3, -0.25) is 0 Å². The zero-order chi connectivity index (χ0) is 19.6. The molecular weight excluding hydrogens is 380 g/mol. The number of ether oxygens (including phenoxy) is 1. The molecule has 0 radical (unpaired) electrons. The van der Waals surface area contributed by atoms with E-state index in [4.69, 9.17) is 16.3 Å². The number of anilines is 2. The van der Waals surface area contributed by atoms with Crippen LogP contribution in [0, 0.1) is 6.92 Å². The van der Waals surface area contributed by atoms with Crippen LogP contribution in [0.25, 0.3) is 11.2 Å². The van der Waals surface area contributed by atoms with Crippen molar-refractivity contribution in [2.45, 2.75) is 38.2 Å². The van der Waals surface area contributed by atoms with Crippen molar-refractivity contribution in [1.29, 1.82) is 0 Å². The smallest absolute Gasteiger partial charge is 0.163 e. The molecule has 27 heavy (non-hydrogen) atoms. The second-order valence-electron chi connectivity index (χ2n) is 6.32. The van der Waals surface area contributed by atoms with Crippen LogP contribution < -0.4 is 5.32 Å². The van der Waals surface area contributed by atoms with Crippen LogP contribution >= 0.6 is 23.4 Å². The zero-order valence-corrected chi connectivity index (χ0v) is 17.9. The Balaban J connectivity index is 2.01. The van der Waals surface area contributed by atoms with Gasteiger partial charge >= 0.3 is 0 Å². The molecule has 0 spiro atoms. The third-order valence-corrected chi connectivity index (χ3v) is 5.60. The van der Waals surface area contributed by atoms with Gasteiger partial charge in [-0.2, -0.15) is 0 Å². The lowest BCUT2D eigenvalue weighted by molar-refractivity contribution is 0.0597. The minimum Gasteiger partial charge on any atom is -0.374 e. The summed E-state index contributed by atoms with van der Waals surface area (Å²) in [5, 5.41) is 3.94. The fourth-order valence-electron chi connectivity index (χ4n) is 3.13. The first-order valence-electron chi connectivity index (χ1n) is 9.04. The Labute approximate surface area is 169 Å². The maximum atomic E-state index is 6.25. The van der Waals surface area contributed by atoms with Crippen molar-refractivity contribution in [1.82, 2.24) is 14.5 Å². The van der Waals surface area contributed by atoms with Crippen molar-refractivity contribution in [3.63, 3.8) is 0 Å². The molecular formula is C20H25ClN4OS. The molecule has 0 saturated heterocycles. The van der Waals surface area contributed by atoms with Crippen molar-refractivity contribution in [3.05, 3.63) is 40.8 Å². The number of fused-ring (bicyclic) bond motifs is 1. The molecule has 144 valence electrons. The fourth-order valence-corrected chi connectivity index (χ4v) is 3.91. The maximum absolute atomic E-state index is 6.25. The number of rotatable bonds is 7. The summed E-state index contributed by atoms with van der Waals surface area (Å²) in [6.07, 6.45) is 3.14. The first-order valence-corrected chi connectivity index (χ1v) is 10.6. The number of nitrogens with one attached hydrogen (secondary N) is 1. The van der Waals surface area contributed by atoms with Crippen LogP contribution in [-0.4, -0.2) is 27.4 Å². The normalized spacial score (nSPS) is 12.5. The van der Waals surface area contributed by atoms with Crippen molar-refractivity contribution >= 4 is 45.9 Å². The van der Waals surface area contributed by atoms with Gasteiger partial charge in [-0.25, -0.2) is 9.97 Å². The Hall–Kier alpha value is -1.76. The summed E-state index contributed by atoms with van der Waals surface area (Å²) in [7, 11) is 1.94. The van der Waals surface area contributed by atoms with Crippen LogP contribution in [0.4, 0.5) is 11.4 Å². The molecule has 0 amide bonds. The van der Waals surface area contributed by atoms with E-state index in [1.165, 1.54) is 5.56 Å². The molecule has 2 aromatic heterocycles. The number of aryl methyl sites for hydroxylation is 2. The van der Waals surface area contributed by atoms with Gasteiger partial charge in [0, 0.05) is 24.6 Å².